The van der Waals surface area contributed by atoms with Gasteiger partial charge in [-0.2, -0.15) is 0 Å². The largest absolute Gasteiger partial charge is 0.464 e. The Bertz CT molecular complexity index is 1360. The number of allylic oxidation sites excluding steroid dienone is 2. The van der Waals surface area contributed by atoms with Crippen LogP contribution in [0.2, 0.25) is 0 Å². The number of hydrogen-bond acceptors (Lipinski definition) is 6. The van der Waals surface area contributed by atoms with Gasteiger partial charge in [0.05, 0.1) is 0 Å². The molecule has 0 spiro atoms. The number of ether oxygens (including phenoxy) is 1. The third-order valence-corrected chi connectivity index (χ3v) is 7.62. The highest BCUT2D eigenvalue weighted by Gasteiger charge is 2.51. The molecule has 1 amide bonds. The van der Waals surface area contributed by atoms with E-state index < -0.39 is 27.0 Å². The van der Waals surface area contributed by atoms with Gasteiger partial charge in [0.15, 0.2) is 0 Å². The Morgan fingerprint density at radius 1 is 1.06 bits per heavy atom. The first-order valence-electron chi connectivity index (χ1n) is 11.0. The number of sulfonamides is 1. The van der Waals surface area contributed by atoms with Gasteiger partial charge in [-0.15, -0.1) is 0 Å². The lowest BCUT2D eigenvalue weighted by atomic mass is 9.94. The number of esters is 1. The van der Waals surface area contributed by atoms with Crippen molar-refractivity contribution < 1.29 is 32.3 Å². The van der Waals surface area contributed by atoms with Crippen molar-refractivity contribution in [1.29, 1.82) is 0 Å². The molecule has 1 aliphatic rings. The number of hydrogen-bond donors (Lipinski definition) is 1. The van der Waals surface area contributed by atoms with E-state index in [1.807, 2.05) is 30.3 Å². The van der Waals surface area contributed by atoms with Crippen LogP contribution in [-0.4, -0.2) is 41.4 Å². The second-order valence-corrected chi connectivity index (χ2v) is 10.7. The van der Waals surface area contributed by atoms with Crippen LogP contribution in [0, 0.1) is 5.92 Å². The molecule has 1 heterocycles. The van der Waals surface area contributed by atoms with E-state index >= 15 is 0 Å². The maximum absolute atomic E-state index is 13.7. The Labute approximate surface area is 203 Å². The SMILES string of the molecule is CC(C)CN(C(=O)O)S(=O)(=O)C1(OC(=O)c2cc3ccccc3o2)C=CC(c2ccccc2)C=C1. The van der Waals surface area contributed by atoms with Crippen LogP contribution in [0.4, 0.5) is 4.79 Å². The predicted octanol–water partition coefficient (Wildman–Crippen LogP) is 5.16. The van der Waals surface area contributed by atoms with Crippen LogP contribution in [-0.2, 0) is 14.8 Å². The molecule has 0 saturated heterocycles. The Balaban J connectivity index is 1.75. The van der Waals surface area contributed by atoms with Crippen molar-refractivity contribution in [2.24, 2.45) is 5.92 Å². The number of benzene rings is 2. The van der Waals surface area contributed by atoms with Crippen LogP contribution in [0.3, 0.4) is 0 Å². The van der Waals surface area contributed by atoms with Crippen LogP contribution in [0.1, 0.15) is 35.9 Å². The van der Waals surface area contributed by atoms with Crippen molar-refractivity contribution in [2.75, 3.05) is 6.54 Å². The van der Waals surface area contributed by atoms with Crippen molar-refractivity contribution in [3.05, 3.63) is 96.3 Å². The highest BCUT2D eigenvalue weighted by atomic mass is 32.2. The number of amides is 1. The molecule has 182 valence electrons. The molecule has 1 aliphatic carbocycles. The van der Waals surface area contributed by atoms with Crippen molar-refractivity contribution in [2.45, 2.75) is 24.7 Å². The normalized spacial score (nSPS) is 19.7. The number of furan rings is 1. The second-order valence-electron chi connectivity index (χ2n) is 8.63. The van der Waals surface area contributed by atoms with E-state index in [-0.39, 0.29) is 24.1 Å². The van der Waals surface area contributed by atoms with E-state index in [1.54, 1.807) is 50.3 Å². The maximum Gasteiger partial charge on any atom is 0.421 e. The lowest BCUT2D eigenvalue weighted by molar-refractivity contribution is 0.0338. The van der Waals surface area contributed by atoms with Crippen LogP contribution < -0.4 is 0 Å². The van der Waals surface area contributed by atoms with Gasteiger partial charge in [0.25, 0.3) is 15.0 Å². The average Bonchev–Trinajstić information content (AvgIpc) is 3.28. The fourth-order valence-electron chi connectivity index (χ4n) is 3.85. The summed E-state index contributed by atoms with van der Waals surface area (Å²) in [5.74, 6) is -1.81. The second kappa shape index (κ2) is 9.42. The zero-order valence-electron chi connectivity index (χ0n) is 19.2. The number of carboxylic acid groups (broad SMARTS) is 1. The highest BCUT2D eigenvalue weighted by molar-refractivity contribution is 7.91. The summed E-state index contributed by atoms with van der Waals surface area (Å²) in [4.78, 5) is 22.7. The first kappa shape index (κ1) is 24.3. The average molecular weight is 496 g/mol. The summed E-state index contributed by atoms with van der Waals surface area (Å²) < 4.78 is 38.8. The van der Waals surface area contributed by atoms with E-state index in [9.17, 15) is 23.1 Å². The molecular formula is C26H25NO7S. The molecule has 0 radical (unpaired) electrons. The van der Waals surface area contributed by atoms with Gasteiger partial charge in [0, 0.05) is 17.8 Å². The first-order chi connectivity index (χ1) is 16.6. The Hall–Kier alpha value is -3.85. The molecule has 0 unspecified atom stereocenters. The Morgan fingerprint density at radius 2 is 1.69 bits per heavy atom. The number of fused-ring (bicyclic) bond motifs is 1. The van der Waals surface area contributed by atoms with E-state index in [0.29, 0.717) is 15.3 Å². The first-order valence-corrected chi connectivity index (χ1v) is 12.5. The minimum absolute atomic E-state index is 0.196. The lowest BCUT2D eigenvalue weighted by Gasteiger charge is -2.34. The summed E-state index contributed by atoms with van der Waals surface area (Å²) in [5.41, 5.74) is 1.33. The third kappa shape index (κ3) is 4.72. The van der Waals surface area contributed by atoms with Gasteiger partial charge in [-0.1, -0.05) is 74.5 Å². The Kier molecular flexibility index (Phi) is 6.53. The number of carbonyl (C=O) groups is 2. The molecule has 35 heavy (non-hydrogen) atoms. The van der Waals surface area contributed by atoms with Gasteiger partial charge >= 0.3 is 12.1 Å². The van der Waals surface area contributed by atoms with Gasteiger partial charge in [-0.3, -0.25) is 0 Å². The van der Waals surface area contributed by atoms with Crippen molar-refractivity contribution >= 4 is 33.1 Å². The molecule has 9 heteroatoms. The molecule has 0 bridgehead atoms. The number of nitrogens with zero attached hydrogens (tertiary/aromatic N) is 1. The van der Waals surface area contributed by atoms with Crippen molar-refractivity contribution in [3.63, 3.8) is 0 Å². The summed E-state index contributed by atoms with van der Waals surface area (Å²) in [6.45, 7) is 3.08. The minimum Gasteiger partial charge on any atom is -0.464 e. The van der Waals surface area contributed by atoms with Gasteiger partial charge in [0.1, 0.15) is 5.58 Å². The molecular weight excluding hydrogens is 470 g/mol. The molecule has 1 N–H and O–H groups in total. The number of carbonyl (C=O) groups excluding carboxylic acids is 1. The molecule has 0 fully saturated rings. The Morgan fingerprint density at radius 3 is 2.29 bits per heavy atom. The topological polar surface area (TPSA) is 114 Å². The summed E-state index contributed by atoms with van der Waals surface area (Å²) in [7, 11) is -4.74. The van der Waals surface area contributed by atoms with Gasteiger partial charge < -0.3 is 14.3 Å². The van der Waals surface area contributed by atoms with Gasteiger partial charge in [-0.25, -0.2) is 22.3 Å². The van der Waals surface area contributed by atoms with Crippen LogP contribution in [0.15, 0.2) is 89.4 Å². The molecule has 0 atom stereocenters. The molecule has 2 aromatic carbocycles. The van der Waals surface area contributed by atoms with E-state index in [2.05, 4.69) is 0 Å². The molecule has 8 nitrogen and oxygen atoms in total. The minimum atomic E-state index is -4.74. The third-order valence-electron chi connectivity index (χ3n) is 5.57. The lowest BCUT2D eigenvalue weighted by Crippen LogP contribution is -2.52. The van der Waals surface area contributed by atoms with Gasteiger partial charge in [0.2, 0.25) is 5.76 Å². The molecule has 4 rings (SSSR count). The van der Waals surface area contributed by atoms with Crippen molar-refractivity contribution in [3.8, 4) is 0 Å². The fraction of sp³-hybridized carbons (Fsp3) is 0.231. The zero-order chi connectivity index (χ0) is 25.2. The highest BCUT2D eigenvalue weighted by Crippen LogP contribution is 2.36. The van der Waals surface area contributed by atoms with Crippen LogP contribution in [0.5, 0.6) is 0 Å². The van der Waals surface area contributed by atoms with Gasteiger partial charge in [-0.05, 0) is 35.8 Å². The fourth-order valence-corrected chi connectivity index (χ4v) is 5.57. The summed E-state index contributed by atoms with van der Waals surface area (Å²) in [5, 5.41) is 10.4. The summed E-state index contributed by atoms with van der Waals surface area (Å²) in [6.07, 6.45) is 3.93. The molecule has 1 aromatic heterocycles. The molecule has 0 saturated carbocycles. The monoisotopic (exact) mass is 495 g/mol. The van der Waals surface area contributed by atoms with Crippen LogP contribution >= 0.6 is 0 Å². The van der Waals surface area contributed by atoms with E-state index in [1.165, 1.54) is 18.2 Å². The standard InChI is InChI=1S/C26H25NO7S/c1-18(2)17-27(25(29)30)35(31,32)26(14-12-20(13-15-26)19-8-4-3-5-9-19)34-24(28)23-16-21-10-6-7-11-22(21)33-23/h3-16,18,20H,17H2,1-2H3,(H,29,30). The van der Waals surface area contributed by atoms with E-state index in [4.69, 9.17) is 9.15 Å². The van der Waals surface area contributed by atoms with E-state index in [0.717, 1.165) is 5.56 Å². The smallest absolute Gasteiger partial charge is 0.421 e. The summed E-state index contributed by atoms with van der Waals surface area (Å²) in [6, 6.07) is 17.7. The number of rotatable bonds is 7. The predicted molar refractivity (Wildman–Crippen MR) is 130 cm³/mol. The zero-order valence-corrected chi connectivity index (χ0v) is 20.0. The summed E-state index contributed by atoms with van der Waals surface area (Å²) >= 11 is 0. The number of para-hydroxylation sites is 1. The maximum atomic E-state index is 13.7. The van der Waals surface area contributed by atoms with Crippen LogP contribution in [0.25, 0.3) is 11.0 Å². The van der Waals surface area contributed by atoms with Crippen molar-refractivity contribution in [1.82, 2.24) is 4.31 Å². The molecule has 0 aliphatic heterocycles. The molecule has 3 aromatic rings. The quantitative estimate of drug-likeness (QED) is 0.356.